The molecule has 2 aromatic carbocycles. The highest BCUT2D eigenvalue weighted by Gasteiger charge is 2.29. The molecule has 2 aromatic rings. The summed E-state index contributed by atoms with van der Waals surface area (Å²) in [6, 6.07) is 15.9. The molecule has 6 heteroatoms. The summed E-state index contributed by atoms with van der Waals surface area (Å²) in [5.41, 5.74) is 8.02. The molecule has 0 saturated carbocycles. The summed E-state index contributed by atoms with van der Waals surface area (Å²) < 4.78 is 0. The van der Waals surface area contributed by atoms with Crippen molar-refractivity contribution in [3.8, 4) is 0 Å². The number of rotatable bonds is 4. The molecule has 0 bridgehead atoms. The maximum Gasteiger partial charge on any atom is 0.323 e. The van der Waals surface area contributed by atoms with E-state index in [0.717, 1.165) is 25.8 Å². The third-order valence-corrected chi connectivity index (χ3v) is 4.84. The first kappa shape index (κ1) is 18.9. The predicted molar refractivity (Wildman–Crippen MR) is 108 cm³/mol. The smallest absolute Gasteiger partial charge is 0.323 e. The third kappa shape index (κ3) is 4.86. The standard InChI is InChI=1S/C21H26N4O2/c1-15(22)19-9-5-6-14-25(19)20(26)16-10-12-18(13-11-16)24-21(27)23-17-7-3-2-4-8-17/h2-4,7-8,10-13,15,19H,5-6,9,14,22H2,1H3,(H2,23,24,27). The van der Waals surface area contributed by atoms with Gasteiger partial charge >= 0.3 is 6.03 Å². The zero-order chi connectivity index (χ0) is 19.2. The number of carbonyl (C=O) groups excluding carboxylic acids is 2. The lowest BCUT2D eigenvalue weighted by Gasteiger charge is -2.38. The van der Waals surface area contributed by atoms with Crippen molar-refractivity contribution in [3.05, 3.63) is 60.2 Å². The van der Waals surface area contributed by atoms with Crippen molar-refractivity contribution < 1.29 is 9.59 Å². The van der Waals surface area contributed by atoms with Crippen LogP contribution in [0.15, 0.2) is 54.6 Å². The van der Waals surface area contributed by atoms with Crippen LogP contribution < -0.4 is 16.4 Å². The van der Waals surface area contributed by atoms with E-state index in [2.05, 4.69) is 10.6 Å². The monoisotopic (exact) mass is 366 g/mol. The number of nitrogens with one attached hydrogen (secondary N) is 2. The zero-order valence-electron chi connectivity index (χ0n) is 15.5. The first-order chi connectivity index (χ1) is 13.0. The van der Waals surface area contributed by atoms with E-state index in [0.29, 0.717) is 16.9 Å². The van der Waals surface area contributed by atoms with Crippen LogP contribution in [0.1, 0.15) is 36.5 Å². The van der Waals surface area contributed by atoms with Gasteiger partial charge in [0.15, 0.2) is 0 Å². The van der Waals surface area contributed by atoms with Crippen molar-refractivity contribution in [1.29, 1.82) is 0 Å². The summed E-state index contributed by atoms with van der Waals surface area (Å²) in [5, 5.41) is 5.53. The largest absolute Gasteiger partial charge is 0.334 e. The number of likely N-dealkylation sites (tertiary alicyclic amines) is 1. The number of nitrogens with zero attached hydrogens (tertiary/aromatic N) is 1. The SMILES string of the molecule is CC(N)C1CCCCN1C(=O)c1ccc(NC(=O)Nc2ccccc2)cc1. The summed E-state index contributed by atoms with van der Waals surface area (Å²) in [6.45, 7) is 2.69. The molecule has 0 aliphatic carbocycles. The quantitative estimate of drug-likeness (QED) is 0.771. The lowest BCUT2D eigenvalue weighted by molar-refractivity contribution is 0.0584. The van der Waals surface area contributed by atoms with Crippen molar-refractivity contribution >= 4 is 23.3 Å². The van der Waals surface area contributed by atoms with E-state index in [-0.39, 0.29) is 24.0 Å². The van der Waals surface area contributed by atoms with E-state index in [1.165, 1.54) is 0 Å². The van der Waals surface area contributed by atoms with Crippen LogP contribution in [0.3, 0.4) is 0 Å². The minimum Gasteiger partial charge on any atom is -0.334 e. The molecule has 2 unspecified atom stereocenters. The highest BCUT2D eigenvalue weighted by molar-refractivity contribution is 6.00. The Balaban J connectivity index is 1.62. The molecule has 1 saturated heterocycles. The number of para-hydroxylation sites is 1. The van der Waals surface area contributed by atoms with Gasteiger partial charge in [-0.25, -0.2) is 4.79 Å². The molecule has 0 spiro atoms. The number of nitrogens with two attached hydrogens (primary N) is 1. The summed E-state index contributed by atoms with van der Waals surface area (Å²) >= 11 is 0. The fraction of sp³-hybridized carbons (Fsp3) is 0.333. The lowest BCUT2D eigenvalue weighted by atomic mass is 9.96. The average Bonchev–Trinajstić information content (AvgIpc) is 2.68. The Kier molecular flexibility index (Phi) is 6.08. The Morgan fingerprint density at radius 1 is 1.00 bits per heavy atom. The minimum atomic E-state index is -0.326. The Labute approximate surface area is 159 Å². The van der Waals surface area contributed by atoms with Gasteiger partial charge < -0.3 is 21.3 Å². The number of amides is 3. The van der Waals surface area contributed by atoms with E-state index in [1.54, 1.807) is 24.3 Å². The highest BCUT2D eigenvalue weighted by atomic mass is 16.2. The molecule has 27 heavy (non-hydrogen) atoms. The van der Waals surface area contributed by atoms with E-state index >= 15 is 0 Å². The second kappa shape index (κ2) is 8.68. The van der Waals surface area contributed by atoms with Gasteiger partial charge in [-0.3, -0.25) is 4.79 Å². The van der Waals surface area contributed by atoms with Crippen molar-refractivity contribution in [2.24, 2.45) is 5.73 Å². The van der Waals surface area contributed by atoms with E-state index < -0.39 is 0 Å². The van der Waals surface area contributed by atoms with Crippen LogP contribution >= 0.6 is 0 Å². The summed E-state index contributed by atoms with van der Waals surface area (Å²) in [5.74, 6) is -0.00251. The van der Waals surface area contributed by atoms with Gasteiger partial charge in [0.05, 0.1) is 0 Å². The Hall–Kier alpha value is -2.86. The van der Waals surface area contributed by atoms with Gasteiger partial charge in [-0.2, -0.15) is 0 Å². The van der Waals surface area contributed by atoms with Crippen molar-refractivity contribution in [2.45, 2.75) is 38.3 Å². The molecule has 3 amide bonds. The van der Waals surface area contributed by atoms with Gasteiger partial charge in [0, 0.05) is 35.6 Å². The molecule has 1 heterocycles. The second-order valence-electron chi connectivity index (χ2n) is 6.94. The number of urea groups is 1. The zero-order valence-corrected chi connectivity index (χ0v) is 15.5. The fourth-order valence-corrected chi connectivity index (χ4v) is 3.43. The molecule has 6 nitrogen and oxygen atoms in total. The van der Waals surface area contributed by atoms with Gasteiger partial charge in [0.1, 0.15) is 0 Å². The number of hydrogen-bond acceptors (Lipinski definition) is 3. The molecule has 1 aliphatic rings. The first-order valence-corrected chi connectivity index (χ1v) is 9.34. The van der Waals surface area contributed by atoms with Crippen LogP contribution in [0.2, 0.25) is 0 Å². The normalized spacial score (nSPS) is 17.9. The Morgan fingerprint density at radius 2 is 1.63 bits per heavy atom. The van der Waals surface area contributed by atoms with Gasteiger partial charge in [0.2, 0.25) is 0 Å². The van der Waals surface area contributed by atoms with Crippen molar-refractivity contribution in [3.63, 3.8) is 0 Å². The summed E-state index contributed by atoms with van der Waals surface area (Å²) in [4.78, 5) is 26.8. The minimum absolute atomic E-state index is 0.00251. The fourth-order valence-electron chi connectivity index (χ4n) is 3.43. The number of piperidine rings is 1. The van der Waals surface area contributed by atoms with Crippen LogP contribution in [0.5, 0.6) is 0 Å². The molecular formula is C21H26N4O2. The summed E-state index contributed by atoms with van der Waals surface area (Å²) in [6.07, 6.45) is 3.06. The van der Waals surface area contributed by atoms with E-state index in [4.69, 9.17) is 5.73 Å². The maximum atomic E-state index is 12.9. The lowest BCUT2D eigenvalue weighted by Crippen LogP contribution is -2.51. The second-order valence-corrected chi connectivity index (χ2v) is 6.94. The van der Waals surface area contributed by atoms with Gasteiger partial charge in [-0.05, 0) is 62.6 Å². The molecule has 1 aliphatic heterocycles. The van der Waals surface area contributed by atoms with Gasteiger partial charge in [-0.15, -0.1) is 0 Å². The van der Waals surface area contributed by atoms with Gasteiger partial charge in [0.25, 0.3) is 5.91 Å². The first-order valence-electron chi connectivity index (χ1n) is 9.34. The van der Waals surface area contributed by atoms with Crippen LogP contribution in [-0.2, 0) is 0 Å². The topological polar surface area (TPSA) is 87.5 Å². The van der Waals surface area contributed by atoms with Gasteiger partial charge in [-0.1, -0.05) is 18.2 Å². The molecule has 2 atom stereocenters. The molecule has 142 valence electrons. The van der Waals surface area contributed by atoms with Crippen molar-refractivity contribution in [1.82, 2.24) is 4.90 Å². The molecule has 0 aromatic heterocycles. The number of anilines is 2. The molecule has 4 N–H and O–H groups in total. The third-order valence-electron chi connectivity index (χ3n) is 4.84. The number of hydrogen-bond donors (Lipinski definition) is 3. The Morgan fingerprint density at radius 3 is 2.26 bits per heavy atom. The van der Waals surface area contributed by atoms with Crippen molar-refractivity contribution in [2.75, 3.05) is 17.2 Å². The molecule has 1 fully saturated rings. The molecule has 3 rings (SSSR count). The van der Waals surface area contributed by atoms with Crippen LogP contribution in [0.4, 0.5) is 16.2 Å². The van der Waals surface area contributed by atoms with Crippen LogP contribution in [0, 0.1) is 0 Å². The summed E-state index contributed by atoms with van der Waals surface area (Å²) in [7, 11) is 0. The van der Waals surface area contributed by atoms with Crippen LogP contribution in [-0.4, -0.2) is 35.5 Å². The van der Waals surface area contributed by atoms with E-state index in [1.807, 2.05) is 42.2 Å². The van der Waals surface area contributed by atoms with E-state index in [9.17, 15) is 9.59 Å². The average molecular weight is 366 g/mol. The van der Waals surface area contributed by atoms with Crippen LogP contribution in [0.25, 0.3) is 0 Å². The highest BCUT2D eigenvalue weighted by Crippen LogP contribution is 2.22. The predicted octanol–water partition coefficient (Wildman–Crippen LogP) is 3.67. The molecular weight excluding hydrogens is 340 g/mol. The number of benzene rings is 2. The molecule has 0 radical (unpaired) electrons. The maximum absolute atomic E-state index is 12.9. The Bertz CT molecular complexity index is 775. The number of carbonyl (C=O) groups is 2.